The van der Waals surface area contributed by atoms with Crippen molar-refractivity contribution in [1.82, 2.24) is 0 Å². The summed E-state index contributed by atoms with van der Waals surface area (Å²) < 4.78 is 47.6. The molecule has 2 saturated heterocycles. The van der Waals surface area contributed by atoms with Gasteiger partial charge in [-0.25, -0.2) is 9.96 Å². The minimum atomic E-state index is -4.83. The highest BCUT2D eigenvalue weighted by atomic mass is 19.4. The molecule has 3 aromatic carbocycles. The number of benzene rings is 3. The first-order valence-corrected chi connectivity index (χ1v) is 12.2. The van der Waals surface area contributed by atoms with E-state index in [1.165, 1.54) is 29.3 Å². The molecule has 0 spiro atoms. The number of hydroxylamine groups is 1. The number of unbranched alkanes of at least 4 members (excludes halogenated alkanes) is 1. The quantitative estimate of drug-likeness (QED) is 0.272. The number of amides is 2. The smallest absolute Gasteiger partial charge is 0.494 e. The van der Waals surface area contributed by atoms with Crippen molar-refractivity contribution >= 4 is 23.2 Å². The molecule has 3 atom stereocenters. The van der Waals surface area contributed by atoms with Gasteiger partial charge >= 0.3 is 6.36 Å². The van der Waals surface area contributed by atoms with Gasteiger partial charge in [0.25, 0.3) is 5.91 Å². The van der Waals surface area contributed by atoms with Crippen molar-refractivity contribution in [2.24, 2.45) is 5.92 Å². The molecular formula is C28H25F3N2O5. The van der Waals surface area contributed by atoms with Gasteiger partial charge in [0.05, 0.1) is 24.0 Å². The predicted molar refractivity (Wildman–Crippen MR) is 132 cm³/mol. The van der Waals surface area contributed by atoms with Gasteiger partial charge in [-0.3, -0.25) is 14.4 Å². The van der Waals surface area contributed by atoms with Crippen LogP contribution in [0.4, 0.5) is 24.5 Å². The molecule has 0 saturated carbocycles. The second-order valence-electron chi connectivity index (χ2n) is 8.98. The third-order valence-electron chi connectivity index (χ3n) is 6.44. The third kappa shape index (κ3) is 5.04. The summed E-state index contributed by atoms with van der Waals surface area (Å²) in [6.07, 6.45) is -4.02. The number of para-hydroxylation sites is 1. The highest BCUT2D eigenvalue weighted by molar-refractivity contribution is 6.23. The Morgan fingerprint density at radius 3 is 2.13 bits per heavy atom. The fraction of sp³-hybridized carbons (Fsp3) is 0.286. The molecular weight excluding hydrogens is 501 g/mol. The van der Waals surface area contributed by atoms with Crippen molar-refractivity contribution in [3.8, 4) is 11.5 Å². The summed E-state index contributed by atoms with van der Waals surface area (Å²) in [4.78, 5) is 34.3. The summed E-state index contributed by atoms with van der Waals surface area (Å²) in [5.41, 5.74) is 1.49. The largest absolute Gasteiger partial charge is 0.573 e. The second kappa shape index (κ2) is 10.4. The van der Waals surface area contributed by atoms with E-state index < -0.39 is 36.2 Å². The maximum Gasteiger partial charge on any atom is 0.573 e. The van der Waals surface area contributed by atoms with E-state index in [1.807, 2.05) is 6.07 Å². The fourth-order valence-electron chi connectivity index (χ4n) is 4.70. The van der Waals surface area contributed by atoms with Crippen molar-refractivity contribution < 1.29 is 37.1 Å². The van der Waals surface area contributed by atoms with E-state index in [9.17, 15) is 22.8 Å². The molecule has 38 heavy (non-hydrogen) atoms. The second-order valence-corrected chi connectivity index (χ2v) is 8.98. The summed E-state index contributed by atoms with van der Waals surface area (Å²) in [6, 6.07) is 20.1. The zero-order valence-electron chi connectivity index (χ0n) is 20.4. The molecule has 0 unspecified atom stereocenters. The number of carbonyl (C=O) groups excluding carboxylic acids is 2. The van der Waals surface area contributed by atoms with Gasteiger partial charge in [0.1, 0.15) is 17.4 Å². The average Bonchev–Trinajstić information content (AvgIpc) is 3.41. The van der Waals surface area contributed by atoms with Crippen molar-refractivity contribution in [3.05, 3.63) is 84.4 Å². The van der Waals surface area contributed by atoms with Crippen LogP contribution in [-0.4, -0.2) is 30.9 Å². The Labute approximate surface area is 217 Å². The minimum absolute atomic E-state index is 0.389. The molecule has 10 heteroatoms. The Balaban J connectivity index is 1.45. The van der Waals surface area contributed by atoms with E-state index in [4.69, 9.17) is 9.57 Å². The van der Waals surface area contributed by atoms with Crippen LogP contribution in [0.25, 0.3) is 0 Å². The average molecular weight is 527 g/mol. The number of halogens is 3. The van der Waals surface area contributed by atoms with Crippen LogP contribution in [0.3, 0.4) is 0 Å². The summed E-state index contributed by atoms with van der Waals surface area (Å²) >= 11 is 0. The van der Waals surface area contributed by atoms with Crippen LogP contribution in [0.2, 0.25) is 0 Å². The highest BCUT2D eigenvalue weighted by Gasteiger charge is 2.60. The normalized spacial score (nSPS) is 21.1. The highest BCUT2D eigenvalue weighted by Crippen LogP contribution is 2.48. The number of alkyl halides is 3. The topological polar surface area (TPSA) is 68.3 Å². The molecule has 0 bridgehead atoms. The SMILES string of the molecule is CCCCOc1ccc(N2C(=O)[C@H]3[C@@H](ON(c4ccccc4)[C@H]3c3ccc(OC(F)(F)F)cc3)C2=O)cc1. The van der Waals surface area contributed by atoms with E-state index >= 15 is 0 Å². The minimum Gasteiger partial charge on any atom is -0.494 e. The van der Waals surface area contributed by atoms with E-state index in [-0.39, 0.29) is 5.75 Å². The lowest BCUT2D eigenvalue weighted by molar-refractivity contribution is -0.274. The van der Waals surface area contributed by atoms with Gasteiger partial charge in [-0.2, -0.15) is 0 Å². The van der Waals surface area contributed by atoms with E-state index in [2.05, 4.69) is 11.7 Å². The Morgan fingerprint density at radius 1 is 0.842 bits per heavy atom. The molecule has 0 aromatic heterocycles. The molecule has 7 nitrogen and oxygen atoms in total. The van der Waals surface area contributed by atoms with Crippen LogP contribution in [0.15, 0.2) is 78.9 Å². The summed E-state index contributed by atoms with van der Waals surface area (Å²) in [5.74, 6) is -1.65. The number of imide groups is 1. The Kier molecular flexibility index (Phi) is 6.98. The summed E-state index contributed by atoms with van der Waals surface area (Å²) in [7, 11) is 0. The Hall–Kier alpha value is -4.05. The number of hydrogen-bond acceptors (Lipinski definition) is 6. The van der Waals surface area contributed by atoms with Crippen LogP contribution in [0, 0.1) is 5.92 Å². The molecule has 5 rings (SSSR count). The van der Waals surface area contributed by atoms with Gasteiger partial charge in [-0.1, -0.05) is 43.7 Å². The van der Waals surface area contributed by atoms with Gasteiger partial charge in [0.2, 0.25) is 5.91 Å². The first kappa shape index (κ1) is 25.6. The van der Waals surface area contributed by atoms with Crippen LogP contribution in [0.5, 0.6) is 11.5 Å². The summed E-state index contributed by atoms with van der Waals surface area (Å²) in [6.45, 7) is 2.63. The first-order valence-electron chi connectivity index (χ1n) is 12.2. The van der Waals surface area contributed by atoms with Crippen molar-refractivity contribution in [2.75, 3.05) is 16.6 Å². The fourth-order valence-corrected chi connectivity index (χ4v) is 4.70. The number of nitrogens with zero attached hydrogens (tertiary/aromatic N) is 2. The van der Waals surface area contributed by atoms with E-state index in [0.29, 0.717) is 29.3 Å². The zero-order valence-corrected chi connectivity index (χ0v) is 20.4. The molecule has 2 fully saturated rings. The van der Waals surface area contributed by atoms with Crippen molar-refractivity contribution in [2.45, 2.75) is 38.3 Å². The number of ether oxygens (including phenoxy) is 2. The van der Waals surface area contributed by atoms with Gasteiger partial charge < -0.3 is 9.47 Å². The van der Waals surface area contributed by atoms with Crippen molar-refractivity contribution in [1.29, 1.82) is 0 Å². The number of anilines is 2. The molecule has 2 amide bonds. The molecule has 2 heterocycles. The monoisotopic (exact) mass is 526 g/mol. The van der Waals surface area contributed by atoms with Gasteiger partial charge in [-0.05, 0) is 60.5 Å². The lowest BCUT2D eigenvalue weighted by Crippen LogP contribution is -2.37. The van der Waals surface area contributed by atoms with Gasteiger partial charge in [0.15, 0.2) is 6.10 Å². The molecule has 2 aliphatic rings. The third-order valence-corrected chi connectivity index (χ3v) is 6.44. The molecule has 198 valence electrons. The summed E-state index contributed by atoms with van der Waals surface area (Å²) in [5, 5.41) is 1.48. The Bertz CT molecular complexity index is 1280. The van der Waals surface area contributed by atoms with E-state index in [1.54, 1.807) is 48.5 Å². The first-order chi connectivity index (χ1) is 18.3. The number of fused-ring (bicyclic) bond motifs is 1. The maximum absolute atomic E-state index is 13.7. The number of rotatable bonds is 8. The maximum atomic E-state index is 13.7. The van der Waals surface area contributed by atoms with Crippen molar-refractivity contribution in [3.63, 3.8) is 0 Å². The molecule has 0 aliphatic carbocycles. The van der Waals surface area contributed by atoms with E-state index in [0.717, 1.165) is 17.7 Å². The zero-order chi connectivity index (χ0) is 26.9. The van der Waals surface area contributed by atoms with Crippen LogP contribution in [-0.2, 0) is 14.4 Å². The molecule has 2 aliphatic heterocycles. The molecule has 0 N–H and O–H groups in total. The predicted octanol–water partition coefficient (Wildman–Crippen LogP) is 5.82. The van der Waals surface area contributed by atoms with Crippen LogP contribution < -0.4 is 19.4 Å². The lowest BCUT2D eigenvalue weighted by atomic mass is 9.90. The standard InChI is InChI=1S/C28H25F3N2O5/c1-2-3-17-36-21-15-11-19(12-16-21)32-26(34)23-24(18-9-13-22(14-10-18)37-28(29,30)31)33(38-25(23)27(32)35)20-7-5-4-6-8-20/h4-16,23-25H,2-3,17H2,1H3/t23-,24+,25-/m1/s1. The number of hydrogen-bond donors (Lipinski definition) is 0. The molecule has 0 radical (unpaired) electrons. The Morgan fingerprint density at radius 2 is 1.50 bits per heavy atom. The lowest BCUT2D eigenvalue weighted by Gasteiger charge is -2.29. The molecule has 3 aromatic rings. The van der Waals surface area contributed by atoms with Crippen LogP contribution in [0.1, 0.15) is 31.4 Å². The van der Waals surface area contributed by atoms with Gasteiger partial charge in [-0.15, -0.1) is 13.2 Å². The number of carbonyl (C=O) groups is 2. The van der Waals surface area contributed by atoms with Gasteiger partial charge in [0, 0.05) is 0 Å². The van der Waals surface area contributed by atoms with Crippen LogP contribution >= 0.6 is 0 Å².